The highest BCUT2D eigenvalue weighted by Gasteiger charge is 2.22. The summed E-state index contributed by atoms with van der Waals surface area (Å²) in [6, 6.07) is 0.109. The van der Waals surface area contributed by atoms with Crippen LogP contribution in [0.15, 0.2) is 16.2 Å². The molecule has 0 aliphatic rings. The molecule has 0 saturated heterocycles. The molecule has 0 aliphatic carbocycles. The van der Waals surface area contributed by atoms with Crippen LogP contribution < -0.4 is 5.73 Å². The van der Waals surface area contributed by atoms with Crippen molar-refractivity contribution in [3.05, 3.63) is 32.4 Å². The molecule has 0 bridgehead atoms. The average Bonchev–Trinajstić information content (AvgIpc) is 2.83. The van der Waals surface area contributed by atoms with Crippen LogP contribution in [0.4, 0.5) is 0 Å². The summed E-state index contributed by atoms with van der Waals surface area (Å²) < 4.78 is 2.90. The summed E-state index contributed by atoms with van der Waals surface area (Å²) in [7, 11) is 0. The molecule has 0 aromatic carbocycles. The Bertz CT molecular complexity index is 517. The van der Waals surface area contributed by atoms with E-state index in [-0.39, 0.29) is 12.1 Å². The number of nitrogens with two attached hydrogens (primary N) is 1. The summed E-state index contributed by atoms with van der Waals surface area (Å²) in [4.78, 5) is 5.34. The fraction of sp³-hybridized carbons (Fsp3) is 0.455. The summed E-state index contributed by atoms with van der Waals surface area (Å²) in [5.74, 6) is 0. The number of hydrogen-bond acceptors (Lipinski definition) is 4. The second kappa shape index (κ2) is 4.88. The zero-order valence-corrected chi connectivity index (χ0v) is 12.4. The van der Waals surface area contributed by atoms with Gasteiger partial charge in [-0.2, -0.15) is 5.10 Å². The van der Waals surface area contributed by atoms with Crippen molar-refractivity contribution in [1.82, 2.24) is 14.8 Å². The van der Waals surface area contributed by atoms with E-state index < -0.39 is 0 Å². The standard InChI is InChI=1S/C11H15BrN4S/c1-6(2)16-10(8(12)4-15-16)9(13)11-7(3)14-5-17-11/h4-6,9H,13H2,1-3H3. The monoisotopic (exact) mass is 314 g/mol. The topological polar surface area (TPSA) is 56.7 Å². The van der Waals surface area contributed by atoms with Crippen LogP contribution in [0.5, 0.6) is 0 Å². The normalized spacial score (nSPS) is 13.3. The number of halogens is 1. The van der Waals surface area contributed by atoms with Crippen molar-refractivity contribution in [2.45, 2.75) is 32.9 Å². The van der Waals surface area contributed by atoms with Gasteiger partial charge >= 0.3 is 0 Å². The average molecular weight is 315 g/mol. The van der Waals surface area contributed by atoms with Crippen LogP contribution >= 0.6 is 27.3 Å². The highest BCUT2D eigenvalue weighted by Crippen LogP contribution is 2.31. The van der Waals surface area contributed by atoms with E-state index in [1.165, 1.54) is 0 Å². The largest absolute Gasteiger partial charge is 0.318 e. The molecule has 2 aromatic rings. The molecule has 1 atom stereocenters. The molecule has 2 rings (SSSR count). The van der Waals surface area contributed by atoms with Gasteiger partial charge in [0.2, 0.25) is 0 Å². The second-order valence-electron chi connectivity index (χ2n) is 4.20. The van der Waals surface area contributed by atoms with Gasteiger partial charge in [-0.1, -0.05) is 0 Å². The number of hydrogen-bond donors (Lipinski definition) is 1. The number of aromatic nitrogens is 3. The van der Waals surface area contributed by atoms with Gasteiger partial charge in [-0.05, 0) is 36.7 Å². The van der Waals surface area contributed by atoms with Crippen LogP contribution in [0.2, 0.25) is 0 Å². The van der Waals surface area contributed by atoms with Crippen LogP contribution in [0, 0.1) is 6.92 Å². The number of nitrogens with zero attached hydrogens (tertiary/aromatic N) is 3. The minimum Gasteiger partial charge on any atom is -0.318 e. The lowest BCUT2D eigenvalue weighted by Crippen LogP contribution is -2.19. The molecule has 0 fully saturated rings. The minimum absolute atomic E-state index is 0.179. The predicted molar refractivity (Wildman–Crippen MR) is 73.2 cm³/mol. The summed E-state index contributed by atoms with van der Waals surface area (Å²) in [5.41, 5.74) is 10.2. The van der Waals surface area contributed by atoms with E-state index in [4.69, 9.17) is 5.73 Å². The molecule has 0 spiro atoms. The lowest BCUT2D eigenvalue weighted by molar-refractivity contribution is 0.499. The molecule has 0 amide bonds. The maximum Gasteiger partial charge on any atom is 0.0847 e. The van der Waals surface area contributed by atoms with Gasteiger partial charge < -0.3 is 5.73 Å². The minimum atomic E-state index is -0.179. The lowest BCUT2D eigenvalue weighted by atomic mass is 10.1. The Morgan fingerprint density at radius 3 is 2.71 bits per heavy atom. The molecule has 6 heteroatoms. The van der Waals surface area contributed by atoms with Gasteiger partial charge in [0.15, 0.2) is 0 Å². The third-order valence-corrected chi connectivity index (χ3v) is 4.26. The maximum absolute atomic E-state index is 6.33. The van der Waals surface area contributed by atoms with Gasteiger partial charge in [0.05, 0.1) is 38.5 Å². The van der Waals surface area contributed by atoms with Crippen molar-refractivity contribution in [1.29, 1.82) is 0 Å². The lowest BCUT2D eigenvalue weighted by Gasteiger charge is -2.16. The van der Waals surface area contributed by atoms with E-state index in [0.717, 1.165) is 20.7 Å². The van der Waals surface area contributed by atoms with Crippen molar-refractivity contribution in [3.63, 3.8) is 0 Å². The van der Waals surface area contributed by atoms with Gasteiger partial charge in [0.1, 0.15) is 0 Å². The summed E-state index contributed by atoms with van der Waals surface area (Å²) >= 11 is 5.10. The van der Waals surface area contributed by atoms with E-state index in [9.17, 15) is 0 Å². The van der Waals surface area contributed by atoms with Crippen LogP contribution in [0.3, 0.4) is 0 Å². The first-order chi connectivity index (χ1) is 8.02. The summed E-state index contributed by atoms with van der Waals surface area (Å²) in [5, 5.41) is 4.35. The fourth-order valence-electron chi connectivity index (χ4n) is 1.79. The molecular formula is C11H15BrN4S. The first kappa shape index (κ1) is 12.7. The van der Waals surface area contributed by atoms with Crippen molar-refractivity contribution in [3.8, 4) is 0 Å². The van der Waals surface area contributed by atoms with E-state index in [1.54, 1.807) is 17.5 Å². The Morgan fingerprint density at radius 2 is 2.18 bits per heavy atom. The van der Waals surface area contributed by atoms with Gasteiger partial charge in [-0.15, -0.1) is 11.3 Å². The van der Waals surface area contributed by atoms with Gasteiger partial charge in [-0.3, -0.25) is 4.68 Å². The molecule has 2 N–H and O–H groups in total. The van der Waals surface area contributed by atoms with E-state index in [1.807, 2.05) is 17.1 Å². The Kier molecular flexibility index (Phi) is 3.65. The van der Waals surface area contributed by atoms with Gasteiger partial charge in [0.25, 0.3) is 0 Å². The van der Waals surface area contributed by atoms with Crippen molar-refractivity contribution >= 4 is 27.3 Å². The highest BCUT2D eigenvalue weighted by molar-refractivity contribution is 9.10. The third kappa shape index (κ3) is 2.29. The smallest absolute Gasteiger partial charge is 0.0847 e. The van der Waals surface area contributed by atoms with Crippen LogP contribution in [-0.2, 0) is 0 Å². The zero-order chi connectivity index (χ0) is 12.6. The van der Waals surface area contributed by atoms with E-state index in [2.05, 4.69) is 39.9 Å². The Balaban J connectivity index is 2.47. The van der Waals surface area contributed by atoms with Crippen LogP contribution in [0.1, 0.15) is 42.2 Å². The Labute approximate surface area is 113 Å². The first-order valence-electron chi connectivity index (χ1n) is 5.40. The molecule has 1 unspecified atom stereocenters. The molecule has 0 aliphatic heterocycles. The first-order valence-corrected chi connectivity index (χ1v) is 7.08. The summed E-state index contributed by atoms with van der Waals surface area (Å²) in [6.07, 6.45) is 1.80. The van der Waals surface area contributed by atoms with Crippen molar-refractivity contribution in [2.24, 2.45) is 5.73 Å². The third-order valence-electron chi connectivity index (χ3n) is 2.64. The molecule has 2 heterocycles. The molecule has 2 aromatic heterocycles. The fourth-order valence-corrected chi connectivity index (χ4v) is 3.11. The van der Waals surface area contributed by atoms with E-state index in [0.29, 0.717) is 0 Å². The Hall–Kier alpha value is -0.720. The van der Waals surface area contributed by atoms with Crippen molar-refractivity contribution < 1.29 is 0 Å². The zero-order valence-electron chi connectivity index (χ0n) is 10.0. The molecule has 0 saturated carbocycles. The van der Waals surface area contributed by atoms with Gasteiger partial charge in [-0.25, -0.2) is 4.98 Å². The van der Waals surface area contributed by atoms with Gasteiger partial charge in [0, 0.05) is 6.04 Å². The number of aryl methyl sites for hydroxylation is 1. The molecule has 17 heavy (non-hydrogen) atoms. The second-order valence-corrected chi connectivity index (χ2v) is 5.94. The van der Waals surface area contributed by atoms with E-state index >= 15 is 0 Å². The highest BCUT2D eigenvalue weighted by atomic mass is 79.9. The molecule has 92 valence electrons. The predicted octanol–water partition coefficient (Wildman–Crippen LogP) is 3.04. The molecular weight excluding hydrogens is 300 g/mol. The molecule has 4 nitrogen and oxygen atoms in total. The quantitative estimate of drug-likeness (QED) is 0.947. The Morgan fingerprint density at radius 1 is 1.47 bits per heavy atom. The maximum atomic E-state index is 6.33. The molecule has 0 radical (unpaired) electrons. The van der Waals surface area contributed by atoms with Crippen LogP contribution in [-0.4, -0.2) is 14.8 Å². The SMILES string of the molecule is Cc1ncsc1C(N)c1c(Br)cnn1C(C)C. The van der Waals surface area contributed by atoms with Crippen LogP contribution in [0.25, 0.3) is 0 Å². The number of rotatable bonds is 3. The summed E-state index contributed by atoms with van der Waals surface area (Å²) in [6.45, 7) is 6.17. The number of thiazole rings is 1. The van der Waals surface area contributed by atoms with Crippen molar-refractivity contribution in [2.75, 3.05) is 0 Å².